The van der Waals surface area contributed by atoms with Gasteiger partial charge in [-0.15, -0.1) is 0 Å². The Morgan fingerprint density at radius 1 is 1.10 bits per heavy atom. The van der Waals surface area contributed by atoms with Gasteiger partial charge in [0.05, 0.1) is 12.2 Å². The van der Waals surface area contributed by atoms with Crippen molar-refractivity contribution in [1.29, 1.82) is 0 Å². The van der Waals surface area contributed by atoms with Crippen LogP contribution in [0.5, 0.6) is 0 Å². The summed E-state index contributed by atoms with van der Waals surface area (Å²) >= 11 is 0. The lowest BCUT2D eigenvalue weighted by Crippen LogP contribution is -2.57. The molecule has 2 aliphatic heterocycles. The molecule has 0 aromatic carbocycles. The molecule has 21 heavy (non-hydrogen) atoms. The molecule has 0 aliphatic carbocycles. The smallest absolute Gasteiger partial charge is 0.0833 e. The number of morpholine rings is 1. The third-order valence-corrected chi connectivity index (χ3v) is 4.90. The standard InChI is InChI=1S/C17H35N3O/c1-15(2)5-4-8-20-11-12-21-17(14-20)6-9-19(10-7-17)13-16(3)18/h15-16H,4-14,18H2,1-3H3. The minimum atomic E-state index is 0.129. The summed E-state index contributed by atoms with van der Waals surface area (Å²) in [5.41, 5.74) is 6.04. The van der Waals surface area contributed by atoms with Crippen LogP contribution in [-0.2, 0) is 4.74 Å². The van der Waals surface area contributed by atoms with E-state index in [4.69, 9.17) is 10.5 Å². The van der Waals surface area contributed by atoms with E-state index in [1.807, 2.05) is 0 Å². The predicted octanol–water partition coefficient (Wildman–Crippen LogP) is 1.94. The quantitative estimate of drug-likeness (QED) is 0.813. The molecule has 2 N–H and O–H groups in total. The highest BCUT2D eigenvalue weighted by Gasteiger charge is 2.39. The maximum Gasteiger partial charge on any atom is 0.0833 e. The summed E-state index contributed by atoms with van der Waals surface area (Å²) in [5, 5.41) is 0. The Kier molecular flexibility index (Phi) is 6.48. The molecule has 124 valence electrons. The molecule has 4 heteroatoms. The lowest BCUT2D eigenvalue weighted by atomic mass is 9.89. The molecule has 2 rings (SSSR count). The van der Waals surface area contributed by atoms with Crippen LogP contribution in [0.15, 0.2) is 0 Å². The Balaban J connectivity index is 1.75. The normalized spacial score (nSPS) is 25.6. The maximum atomic E-state index is 6.22. The van der Waals surface area contributed by atoms with E-state index in [0.29, 0.717) is 0 Å². The molecular formula is C17H35N3O. The van der Waals surface area contributed by atoms with E-state index in [1.54, 1.807) is 0 Å². The zero-order chi connectivity index (χ0) is 15.3. The number of likely N-dealkylation sites (tertiary alicyclic amines) is 1. The molecular weight excluding hydrogens is 262 g/mol. The number of rotatable bonds is 6. The van der Waals surface area contributed by atoms with Gasteiger partial charge in [-0.2, -0.15) is 0 Å². The van der Waals surface area contributed by atoms with Crippen molar-refractivity contribution < 1.29 is 4.74 Å². The van der Waals surface area contributed by atoms with Gasteiger partial charge in [-0.1, -0.05) is 13.8 Å². The Morgan fingerprint density at radius 3 is 2.43 bits per heavy atom. The van der Waals surface area contributed by atoms with Gasteiger partial charge >= 0.3 is 0 Å². The number of ether oxygens (including phenoxy) is 1. The maximum absolute atomic E-state index is 6.22. The summed E-state index contributed by atoms with van der Waals surface area (Å²) in [6.45, 7) is 14.4. The summed E-state index contributed by atoms with van der Waals surface area (Å²) in [4.78, 5) is 5.13. The highest BCUT2D eigenvalue weighted by molar-refractivity contribution is 4.93. The Hall–Kier alpha value is -0.160. The van der Waals surface area contributed by atoms with Crippen molar-refractivity contribution in [3.63, 3.8) is 0 Å². The topological polar surface area (TPSA) is 41.7 Å². The Morgan fingerprint density at radius 2 is 1.81 bits per heavy atom. The first kappa shape index (κ1) is 17.2. The summed E-state index contributed by atoms with van der Waals surface area (Å²) in [7, 11) is 0. The van der Waals surface area contributed by atoms with Gasteiger partial charge in [0.15, 0.2) is 0 Å². The lowest BCUT2D eigenvalue weighted by molar-refractivity contribution is -0.136. The molecule has 1 atom stereocenters. The molecule has 2 fully saturated rings. The second kappa shape index (κ2) is 7.91. The molecule has 0 saturated carbocycles. The number of hydrogen-bond donors (Lipinski definition) is 1. The molecule has 0 amide bonds. The summed E-state index contributed by atoms with van der Waals surface area (Å²) in [5.74, 6) is 0.821. The molecule has 4 nitrogen and oxygen atoms in total. The van der Waals surface area contributed by atoms with E-state index < -0.39 is 0 Å². The fraction of sp³-hybridized carbons (Fsp3) is 1.00. The van der Waals surface area contributed by atoms with Crippen LogP contribution >= 0.6 is 0 Å². The van der Waals surface area contributed by atoms with Gasteiger partial charge in [-0.25, -0.2) is 0 Å². The summed E-state index contributed by atoms with van der Waals surface area (Å²) < 4.78 is 6.22. The summed E-state index contributed by atoms with van der Waals surface area (Å²) in [6, 6.07) is 0.277. The van der Waals surface area contributed by atoms with E-state index in [-0.39, 0.29) is 11.6 Å². The van der Waals surface area contributed by atoms with Crippen molar-refractivity contribution in [3.8, 4) is 0 Å². The first-order chi connectivity index (χ1) is 9.99. The van der Waals surface area contributed by atoms with Gasteiger partial charge in [-0.05, 0) is 45.1 Å². The first-order valence-corrected chi connectivity index (χ1v) is 8.83. The fourth-order valence-electron chi connectivity index (χ4n) is 3.69. The Bertz CT molecular complexity index is 298. The van der Waals surface area contributed by atoms with Crippen molar-refractivity contribution in [2.45, 2.75) is 58.1 Å². The molecule has 0 aromatic heterocycles. The van der Waals surface area contributed by atoms with Crippen LogP contribution in [-0.4, -0.2) is 67.3 Å². The van der Waals surface area contributed by atoms with Gasteiger partial charge in [0, 0.05) is 38.8 Å². The van der Waals surface area contributed by atoms with E-state index in [2.05, 4.69) is 30.6 Å². The molecule has 1 unspecified atom stereocenters. The van der Waals surface area contributed by atoms with Gasteiger partial charge in [-0.3, -0.25) is 4.90 Å². The highest BCUT2D eigenvalue weighted by Crippen LogP contribution is 2.30. The highest BCUT2D eigenvalue weighted by atomic mass is 16.5. The van der Waals surface area contributed by atoms with Crippen LogP contribution in [0.3, 0.4) is 0 Å². The van der Waals surface area contributed by atoms with E-state index >= 15 is 0 Å². The first-order valence-electron chi connectivity index (χ1n) is 8.83. The molecule has 0 aromatic rings. The average molecular weight is 297 g/mol. The minimum absolute atomic E-state index is 0.129. The number of hydrogen-bond acceptors (Lipinski definition) is 4. The number of piperidine rings is 1. The zero-order valence-electron chi connectivity index (χ0n) is 14.3. The molecule has 1 spiro atoms. The second-order valence-corrected chi connectivity index (χ2v) is 7.62. The Labute approximate surface area is 131 Å². The van der Waals surface area contributed by atoms with E-state index in [0.717, 1.165) is 45.2 Å². The molecule has 2 heterocycles. The second-order valence-electron chi connectivity index (χ2n) is 7.62. The van der Waals surface area contributed by atoms with E-state index in [9.17, 15) is 0 Å². The molecule has 0 bridgehead atoms. The van der Waals surface area contributed by atoms with Crippen LogP contribution in [0.2, 0.25) is 0 Å². The van der Waals surface area contributed by atoms with E-state index in [1.165, 1.54) is 32.2 Å². The third-order valence-electron chi connectivity index (χ3n) is 4.90. The molecule has 2 aliphatic rings. The van der Waals surface area contributed by atoms with Crippen LogP contribution in [0, 0.1) is 5.92 Å². The molecule has 0 radical (unpaired) electrons. The largest absolute Gasteiger partial charge is 0.372 e. The summed E-state index contributed by atoms with van der Waals surface area (Å²) in [6.07, 6.45) is 5.00. The average Bonchev–Trinajstić information content (AvgIpc) is 2.41. The van der Waals surface area contributed by atoms with Gasteiger partial charge in [0.25, 0.3) is 0 Å². The van der Waals surface area contributed by atoms with Crippen molar-refractivity contribution in [3.05, 3.63) is 0 Å². The van der Waals surface area contributed by atoms with Gasteiger partial charge < -0.3 is 15.4 Å². The monoisotopic (exact) mass is 297 g/mol. The molecule has 2 saturated heterocycles. The van der Waals surface area contributed by atoms with Crippen molar-refractivity contribution >= 4 is 0 Å². The third kappa shape index (κ3) is 5.51. The van der Waals surface area contributed by atoms with Crippen LogP contribution < -0.4 is 5.73 Å². The fourth-order valence-corrected chi connectivity index (χ4v) is 3.69. The number of nitrogens with zero attached hydrogens (tertiary/aromatic N) is 2. The zero-order valence-corrected chi connectivity index (χ0v) is 14.3. The lowest BCUT2D eigenvalue weighted by Gasteiger charge is -2.47. The van der Waals surface area contributed by atoms with Crippen molar-refractivity contribution in [2.75, 3.05) is 45.9 Å². The SMILES string of the molecule is CC(C)CCCN1CCOC2(CCN(CC(C)N)CC2)C1. The van der Waals surface area contributed by atoms with Gasteiger partial charge in [0.1, 0.15) is 0 Å². The van der Waals surface area contributed by atoms with Crippen LogP contribution in [0.1, 0.15) is 46.5 Å². The minimum Gasteiger partial charge on any atom is -0.372 e. The van der Waals surface area contributed by atoms with Crippen molar-refractivity contribution in [1.82, 2.24) is 9.80 Å². The number of nitrogens with two attached hydrogens (primary N) is 1. The van der Waals surface area contributed by atoms with Crippen LogP contribution in [0.25, 0.3) is 0 Å². The van der Waals surface area contributed by atoms with Gasteiger partial charge in [0.2, 0.25) is 0 Å². The van der Waals surface area contributed by atoms with Crippen molar-refractivity contribution in [2.24, 2.45) is 11.7 Å². The van der Waals surface area contributed by atoms with Crippen LogP contribution in [0.4, 0.5) is 0 Å². The predicted molar refractivity (Wildman–Crippen MR) is 88.5 cm³/mol.